The van der Waals surface area contributed by atoms with Crippen LogP contribution in [0.3, 0.4) is 0 Å². The summed E-state index contributed by atoms with van der Waals surface area (Å²) in [5.74, 6) is -0.446. The Morgan fingerprint density at radius 3 is 2.41 bits per heavy atom. The van der Waals surface area contributed by atoms with Crippen molar-refractivity contribution in [3.05, 3.63) is 29.8 Å². The molecule has 0 radical (unpaired) electrons. The molecular weight excluding hydrogens is 304 g/mol. The molecule has 1 fully saturated rings. The Bertz CT molecular complexity index is 607. The molecule has 2 rings (SSSR count). The molecule has 1 aliphatic heterocycles. The number of carbonyl (C=O) groups is 1. The van der Waals surface area contributed by atoms with Gasteiger partial charge in [-0.05, 0) is 57.1 Å². The monoisotopic (exact) mass is 326 g/mol. The topological polar surface area (TPSA) is 75.7 Å². The van der Waals surface area contributed by atoms with Gasteiger partial charge in [0.15, 0.2) is 0 Å². The van der Waals surface area contributed by atoms with E-state index in [1.165, 1.54) is 28.6 Å². The van der Waals surface area contributed by atoms with Crippen LogP contribution in [0.25, 0.3) is 0 Å². The smallest absolute Gasteiger partial charge is 0.338 e. The van der Waals surface area contributed by atoms with Gasteiger partial charge in [0.25, 0.3) is 0 Å². The van der Waals surface area contributed by atoms with Gasteiger partial charge < -0.3 is 10.1 Å². The predicted octanol–water partition coefficient (Wildman–Crippen LogP) is 1.24. The van der Waals surface area contributed by atoms with Gasteiger partial charge in [-0.15, -0.1) is 0 Å². The normalized spacial score (nSPS) is 16.7. The minimum Gasteiger partial charge on any atom is -0.462 e. The zero-order valence-electron chi connectivity index (χ0n) is 12.9. The minimum atomic E-state index is -3.54. The van der Waals surface area contributed by atoms with Gasteiger partial charge >= 0.3 is 5.97 Å². The molecule has 122 valence electrons. The molecule has 1 N–H and O–H groups in total. The first-order valence-electron chi connectivity index (χ1n) is 7.42. The lowest BCUT2D eigenvalue weighted by molar-refractivity contribution is 0.0526. The maximum atomic E-state index is 12.6. The van der Waals surface area contributed by atoms with Crippen molar-refractivity contribution in [3.63, 3.8) is 0 Å². The van der Waals surface area contributed by atoms with Crippen molar-refractivity contribution in [2.75, 3.05) is 26.7 Å². The summed E-state index contributed by atoms with van der Waals surface area (Å²) in [5, 5.41) is 3.22. The second-order valence-corrected chi connectivity index (χ2v) is 7.24. The highest BCUT2D eigenvalue weighted by atomic mass is 32.2. The average Bonchev–Trinajstić information content (AvgIpc) is 2.55. The van der Waals surface area contributed by atoms with Gasteiger partial charge in [0.1, 0.15) is 0 Å². The van der Waals surface area contributed by atoms with Gasteiger partial charge in [-0.1, -0.05) is 0 Å². The van der Waals surface area contributed by atoms with E-state index in [1.807, 2.05) is 0 Å². The number of rotatable bonds is 5. The molecule has 1 aliphatic rings. The summed E-state index contributed by atoms with van der Waals surface area (Å²) < 4.78 is 31.6. The van der Waals surface area contributed by atoms with E-state index in [-0.39, 0.29) is 17.5 Å². The molecule has 0 atom stereocenters. The van der Waals surface area contributed by atoms with Gasteiger partial charge in [-0.2, -0.15) is 4.31 Å². The molecule has 1 saturated heterocycles. The van der Waals surface area contributed by atoms with Crippen LogP contribution in [0.5, 0.6) is 0 Å². The third-order valence-corrected chi connectivity index (χ3v) is 5.79. The zero-order chi connectivity index (χ0) is 16.2. The van der Waals surface area contributed by atoms with Crippen molar-refractivity contribution in [3.8, 4) is 0 Å². The van der Waals surface area contributed by atoms with E-state index in [1.54, 1.807) is 14.0 Å². The maximum Gasteiger partial charge on any atom is 0.338 e. The quantitative estimate of drug-likeness (QED) is 0.824. The van der Waals surface area contributed by atoms with E-state index < -0.39 is 16.0 Å². The van der Waals surface area contributed by atoms with Crippen LogP contribution < -0.4 is 5.32 Å². The number of hydrogen-bond donors (Lipinski definition) is 1. The number of nitrogens with one attached hydrogen (secondary N) is 1. The number of hydrogen-bond acceptors (Lipinski definition) is 5. The minimum absolute atomic E-state index is 0.0102. The first kappa shape index (κ1) is 16.9. The zero-order valence-corrected chi connectivity index (χ0v) is 13.7. The number of sulfonamides is 1. The summed E-state index contributed by atoms with van der Waals surface area (Å²) in [6.07, 6.45) is 1.60. The summed E-state index contributed by atoms with van der Waals surface area (Å²) in [5.41, 5.74) is 0.352. The van der Waals surface area contributed by atoms with E-state index in [2.05, 4.69) is 5.32 Å². The average molecular weight is 326 g/mol. The van der Waals surface area contributed by atoms with Crippen LogP contribution in [0.4, 0.5) is 0 Å². The van der Waals surface area contributed by atoms with E-state index in [4.69, 9.17) is 4.74 Å². The second-order valence-electron chi connectivity index (χ2n) is 5.25. The van der Waals surface area contributed by atoms with Crippen molar-refractivity contribution in [1.82, 2.24) is 9.62 Å². The van der Waals surface area contributed by atoms with E-state index in [0.29, 0.717) is 5.56 Å². The van der Waals surface area contributed by atoms with Gasteiger partial charge in [-0.25, -0.2) is 13.2 Å². The van der Waals surface area contributed by atoms with E-state index in [0.717, 1.165) is 25.9 Å². The van der Waals surface area contributed by atoms with Crippen LogP contribution >= 0.6 is 0 Å². The SMILES string of the molecule is CCOC(=O)c1ccc(S(=O)(=O)N(C)C2CCNCC2)cc1. The Morgan fingerprint density at radius 1 is 1.27 bits per heavy atom. The number of benzene rings is 1. The predicted molar refractivity (Wildman–Crippen MR) is 83.2 cm³/mol. The highest BCUT2D eigenvalue weighted by molar-refractivity contribution is 7.89. The molecule has 1 heterocycles. The lowest BCUT2D eigenvalue weighted by atomic mass is 10.1. The molecule has 0 aliphatic carbocycles. The van der Waals surface area contributed by atoms with Crippen LogP contribution in [-0.4, -0.2) is 51.5 Å². The van der Waals surface area contributed by atoms with Crippen LogP contribution in [0.1, 0.15) is 30.1 Å². The highest BCUT2D eigenvalue weighted by Gasteiger charge is 2.29. The van der Waals surface area contributed by atoms with Crippen LogP contribution in [0.15, 0.2) is 29.2 Å². The van der Waals surface area contributed by atoms with Crippen molar-refractivity contribution < 1.29 is 17.9 Å². The second kappa shape index (κ2) is 7.21. The van der Waals surface area contributed by atoms with Crippen LogP contribution in [0, 0.1) is 0 Å². The number of nitrogens with zero attached hydrogens (tertiary/aromatic N) is 1. The largest absolute Gasteiger partial charge is 0.462 e. The molecule has 7 heteroatoms. The molecule has 1 aromatic rings. The summed E-state index contributed by atoms with van der Waals surface area (Å²) in [6, 6.07) is 5.90. The fourth-order valence-corrected chi connectivity index (χ4v) is 3.93. The third kappa shape index (κ3) is 3.66. The lowest BCUT2D eigenvalue weighted by Crippen LogP contribution is -2.43. The van der Waals surface area contributed by atoms with Crippen molar-refractivity contribution >= 4 is 16.0 Å². The third-order valence-electron chi connectivity index (χ3n) is 3.87. The number of carbonyl (C=O) groups excluding carboxylic acids is 1. The molecule has 22 heavy (non-hydrogen) atoms. The molecule has 0 bridgehead atoms. The Kier molecular flexibility index (Phi) is 5.55. The van der Waals surface area contributed by atoms with E-state index in [9.17, 15) is 13.2 Å². The van der Waals surface area contributed by atoms with Crippen LogP contribution in [-0.2, 0) is 14.8 Å². The Morgan fingerprint density at radius 2 is 1.86 bits per heavy atom. The summed E-state index contributed by atoms with van der Waals surface area (Å²) in [7, 11) is -1.92. The number of piperidine rings is 1. The molecule has 0 saturated carbocycles. The van der Waals surface area contributed by atoms with Crippen molar-refractivity contribution in [2.24, 2.45) is 0 Å². The number of ether oxygens (including phenoxy) is 1. The van der Waals surface area contributed by atoms with E-state index >= 15 is 0 Å². The summed E-state index contributed by atoms with van der Waals surface area (Å²) in [4.78, 5) is 11.8. The molecular formula is C15H22N2O4S. The fraction of sp³-hybridized carbons (Fsp3) is 0.533. The first-order chi connectivity index (χ1) is 10.5. The molecule has 0 unspecified atom stereocenters. The Balaban J connectivity index is 2.16. The van der Waals surface area contributed by atoms with Crippen LogP contribution in [0.2, 0.25) is 0 Å². The summed E-state index contributed by atoms with van der Waals surface area (Å²) in [6.45, 7) is 3.67. The molecule has 0 spiro atoms. The molecule has 0 amide bonds. The number of esters is 1. The standard InChI is InChI=1S/C15H22N2O4S/c1-3-21-15(18)12-4-6-14(7-5-12)22(19,20)17(2)13-8-10-16-11-9-13/h4-7,13,16H,3,8-11H2,1-2H3. The Hall–Kier alpha value is -1.44. The fourth-order valence-electron chi connectivity index (χ4n) is 2.51. The molecule has 0 aromatic heterocycles. The molecule has 1 aromatic carbocycles. The van der Waals surface area contributed by atoms with Crippen molar-refractivity contribution in [2.45, 2.75) is 30.7 Å². The van der Waals surface area contributed by atoms with Gasteiger partial charge in [-0.3, -0.25) is 0 Å². The molecule has 6 nitrogen and oxygen atoms in total. The van der Waals surface area contributed by atoms with Gasteiger partial charge in [0.05, 0.1) is 17.1 Å². The summed E-state index contributed by atoms with van der Waals surface area (Å²) >= 11 is 0. The van der Waals surface area contributed by atoms with Crippen molar-refractivity contribution in [1.29, 1.82) is 0 Å². The lowest BCUT2D eigenvalue weighted by Gasteiger charge is -2.30. The maximum absolute atomic E-state index is 12.6. The Labute approximate surface area is 131 Å². The highest BCUT2D eigenvalue weighted by Crippen LogP contribution is 2.21. The van der Waals surface area contributed by atoms with Gasteiger partial charge in [0, 0.05) is 13.1 Å². The first-order valence-corrected chi connectivity index (χ1v) is 8.86. The van der Waals surface area contributed by atoms with Gasteiger partial charge in [0.2, 0.25) is 10.0 Å².